The minimum absolute atomic E-state index is 0.667. The molecule has 0 aliphatic heterocycles. The largest absolute Gasteiger partial charge is 0.301 e. The summed E-state index contributed by atoms with van der Waals surface area (Å²) < 4.78 is 3.17. The Morgan fingerprint density at radius 1 is 1.19 bits per heavy atom. The highest BCUT2D eigenvalue weighted by atomic mass is 32.1. The van der Waals surface area contributed by atoms with Gasteiger partial charge in [-0.15, -0.1) is 0 Å². The molecule has 2 bridgehead atoms. The minimum Gasteiger partial charge on any atom is -0.301 e. The standard InChI is InChI=1S/C12H17N3S/c16-12-14-13-11(15(12)9-3-4-9)10-6-7-1-2-8(10)5-7/h7-10H,1-6H2,(H,14,16). The molecule has 3 nitrogen and oxygen atoms in total. The van der Waals surface area contributed by atoms with E-state index in [1.807, 2.05) is 0 Å². The van der Waals surface area contributed by atoms with Crippen molar-refractivity contribution in [3.63, 3.8) is 0 Å². The van der Waals surface area contributed by atoms with Crippen LogP contribution in [0.3, 0.4) is 0 Å². The number of rotatable bonds is 2. The van der Waals surface area contributed by atoms with Gasteiger partial charge in [-0.2, -0.15) is 5.10 Å². The molecular formula is C12H17N3S. The SMILES string of the molecule is S=c1[nH]nc(C2CC3CCC2C3)n1C1CC1. The normalized spacial score (nSPS) is 37.1. The van der Waals surface area contributed by atoms with E-state index >= 15 is 0 Å². The van der Waals surface area contributed by atoms with Gasteiger partial charge in [0.15, 0.2) is 4.77 Å². The molecule has 86 valence electrons. The smallest absolute Gasteiger partial charge is 0.195 e. The highest BCUT2D eigenvalue weighted by Gasteiger charge is 2.43. The summed E-state index contributed by atoms with van der Waals surface area (Å²) in [5.74, 6) is 3.85. The molecule has 3 aliphatic rings. The Bertz CT molecular complexity index is 471. The van der Waals surface area contributed by atoms with Gasteiger partial charge in [-0.1, -0.05) is 6.42 Å². The maximum absolute atomic E-state index is 5.36. The Balaban J connectivity index is 1.74. The van der Waals surface area contributed by atoms with Gasteiger partial charge in [0.2, 0.25) is 0 Å². The van der Waals surface area contributed by atoms with Crippen molar-refractivity contribution in [2.75, 3.05) is 0 Å². The fourth-order valence-corrected chi connectivity index (χ4v) is 4.11. The van der Waals surface area contributed by atoms with E-state index in [0.29, 0.717) is 12.0 Å². The second kappa shape index (κ2) is 3.19. The van der Waals surface area contributed by atoms with Crippen molar-refractivity contribution in [3.05, 3.63) is 10.6 Å². The van der Waals surface area contributed by atoms with E-state index < -0.39 is 0 Å². The number of hydrogen-bond donors (Lipinski definition) is 1. The fraction of sp³-hybridized carbons (Fsp3) is 0.833. The molecule has 0 saturated heterocycles. The summed E-state index contributed by atoms with van der Waals surface area (Å²) >= 11 is 5.36. The molecular weight excluding hydrogens is 218 g/mol. The topological polar surface area (TPSA) is 33.6 Å². The van der Waals surface area contributed by atoms with Crippen LogP contribution in [-0.4, -0.2) is 14.8 Å². The van der Waals surface area contributed by atoms with Crippen LogP contribution in [0, 0.1) is 16.6 Å². The second-order valence-corrected chi connectivity index (χ2v) is 6.16. The van der Waals surface area contributed by atoms with E-state index in [9.17, 15) is 0 Å². The minimum atomic E-state index is 0.667. The lowest BCUT2D eigenvalue weighted by atomic mass is 9.88. The van der Waals surface area contributed by atoms with E-state index in [1.165, 1.54) is 44.3 Å². The quantitative estimate of drug-likeness (QED) is 0.799. The van der Waals surface area contributed by atoms with Crippen molar-refractivity contribution < 1.29 is 0 Å². The molecule has 4 rings (SSSR count). The van der Waals surface area contributed by atoms with Crippen molar-refractivity contribution in [2.45, 2.75) is 50.5 Å². The zero-order valence-corrected chi connectivity index (χ0v) is 10.2. The molecule has 16 heavy (non-hydrogen) atoms. The van der Waals surface area contributed by atoms with Crippen LogP contribution in [0.1, 0.15) is 56.3 Å². The third kappa shape index (κ3) is 1.25. The maximum atomic E-state index is 5.36. The number of fused-ring (bicyclic) bond motifs is 2. The van der Waals surface area contributed by atoms with E-state index in [4.69, 9.17) is 12.2 Å². The first-order valence-corrected chi connectivity index (χ1v) is 6.90. The average Bonchev–Trinajstić information content (AvgIpc) is 2.75. The van der Waals surface area contributed by atoms with E-state index in [-0.39, 0.29) is 0 Å². The van der Waals surface area contributed by atoms with Gasteiger partial charge in [-0.05, 0) is 56.2 Å². The van der Waals surface area contributed by atoms with Crippen LogP contribution in [0.25, 0.3) is 0 Å². The molecule has 0 amide bonds. The third-order valence-electron chi connectivity index (χ3n) is 4.71. The Morgan fingerprint density at radius 3 is 2.69 bits per heavy atom. The first-order valence-electron chi connectivity index (χ1n) is 6.49. The monoisotopic (exact) mass is 235 g/mol. The molecule has 4 heteroatoms. The zero-order valence-electron chi connectivity index (χ0n) is 9.35. The van der Waals surface area contributed by atoms with E-state index in [0.717, 1.165) is 16.6 Å². The van der Waals surface area contributed by atoms with Gasteiger partial charge in [-0.3, -0.25) is 5.10 Å². The fourth-order valence-electron chi connectivity index (χ4n) is 3.83. The zero-order chi connectivity index (χ0) is 10.7. The van der Waals surface area contributed by atoms with Gasteiger partial charge in [0.25, 0.3) is 0 Å². The molecule has 1 N–H and O–H groups in total. The first kappa shape index (κ1) is 9.40. The predicted molar refractivity (Wildman–Crippen MR) is 63.9 cm³/mol. The van der Waals surface area contributed by atoms with Crippen LogP contribution >= 0.6 is 12.2 Å². The lowest BCUT2D eigenvalue weighted by Crippen LogP contribution is -2.14. The molecule has 1 heterocycles. The van der Waals surface area contributed by atoms with Gasteiger partial charge < -0.3 is 4.57 Å². The summed E-state index contributed by atoms with van der Waals surface area (Å²) in [6, 6.07) is 0.667. The number of H-pyrrole nitrogens is 1. The number of nitrogens with one attached hydrogen (secondary N) is 1. The van der Waals surface area contributed by atoms with Gasteiger partial charge >= 0.3 is 0 Å². The summed E-state index contributed by atoms with van der Waals surface area (Å²) in [5.41, 5.74) is 0. The number of nitrogens with zero attached hydrogens (tertiary/aromatic N) is 2. The van der Waals surface area contributed by atoms with Crippen LogP contribution in [0.4, 0.5) is 0 Å². The highest BCUT2D eigenvalue weighted by Crippen LogP contribution is 2.53. The molecule has 0 radical (unpaired) electrons. The Morgan fingerprint density at radius 2 is 2.06 bits per heavy atom. The van der Waals surface area contributed by atoms with E-state index in [2.05, 4.69) is 14.8 Å². The lowest BCUT2D eigenvalue weighted by Gasteiger charge is -2.21. The molecule has 3 unspecified atom stereocenters. The predicted octanol–water partition coefficient (Wildman–Crippen LogP) is 3.18. The number of aromatic amines is 1. The van der Waals surface area contributed by atoms with Crippen LogP contribution in [0.5, 0.6) is 0 Å². The summed E-state index contributed by atoms with van der Waals surface area (Å²) in [5, 5.41) is 7.53. The second-order valence-electron chi connectivity index (χ2n) is 5.77. The Kier molecular flexibility index (Phi) is 1.87. The number of aromatic nitrogens is 3. The molecule has 3 atom stereocenters. The van der Waals surface area contributed by atoms with Crippen LogP contribution in [0.15, 0.2) is 0 Å². The van der Waals surface area contributed by atoms with Crippen molar-refractivity contribution in [3.8, 4) is 0 Å². The molecule has 3 fully saturated rings. The van der Waals surface area contributed by atoms with Crippen LogP contribution in [0.2, 0.25) is 0 Å². The van der Waals surface area contributed by atoms with Gasteiger partial charge in [-0.25, -0.2) is 0 Å². The molecule has 1 aromatic heterocycles. The summed E-state index contributed by atoms with van der Waals surface area (Å²) in [6.07, 6.45) is 8.25. The van der Waals surface area contributed by atoms with Crippen molar-refractivity contribution in [2.24, 2.45) is 11.8 Å². The average molecular weight is 235 g/mol. The van der Waals surface area contributed by atoms with E-state index in [1.54, 1.807) is 0 Å². The Hall–Kier alpha value is -0.640. The van der Waals surface area contributed by atoms with Gasteiger partial charge in [0.05, 0.1) is 0 Å². The molecule has 1 aromatic rings. The summed E-state index contributed by atoms with van der Waals surface area (Å²) in [4.78, 5) is 0. The number of hydrogen-bond acceptors (Lipinski definition) is 2. The van der Waals surface area contributed by atoms with Crippen molar-refractivity contribution >= 4 is 12.2 Å². The highest BCUT2D eigenvalue weighted by molar-refractivity contribution is 7.71. The maximum Gasteiger partial charge on any atom is 0.195 e. The van der Waals surface area contributed by atoms with Crippen LogP contribution < -0.4 is 0 Å². The van der Waals surface area contributed by atoms with Gasteiger partial charge in [0.1, 0.15) is 5.82 Å². The Labute approximate surface area is 100 Å². The van der Waals surface area contributed by atoms with Crippen LogP contribution in [-0.2, 0) is 0 Å². The molecule has 3 saturated carbocycles. The first-order chi connectivity index (χ1) is 7.83. The lowest BCUT2D eigenvalue weighted by molar-refractivity contribution is 0.392. The third-order valence-corrected chi connectivity index (χ3v) is 5.00. The summed E-state index contributed by atoms with van der Waals surface area (Å²) in [7, 11) is 0. The van der Waals surface area contributed by atoms with Gasteiger partial charge in [0, 0.05) is 12.0 Å². The molecule has 3 aliphatic carbocycles. The molecule has 0 spiro atoms. The summed E-state index contributed by atoms with van der Waals surface area (Å²) in [6.45, 7) is 0. The van der Waals surface area contributed by atoms with Crippen molar-refractivity contribution in [1.82, 2.24) is 14.8 Å². The van der Waals surface area contributed by atoms with Crippen molar-refractivity contribution in [1.29, 1.82) is 0 Å². The molecule has 0 aromatic carbocycles.